The number of nitro groups is 1. The van der Waals surface area contributed by atoms with Gasteiger partial charge in [0.05, 0.1) is 24.8 Å². The molecular formula is C21H20N4O6. The number of carbonyl (C=O) groups excluding carboxylic acids is 1. The molecule has 0 bridgehead atoms. The smallest absolute Gasteiger partial charge is 0.269 e. The number of ether oxygens (including phenoxy) is 2. The molecule has 0 aliphatic rings. The predicted octanol–water partition coefficient (Wildman–Crippen LogP) is 2.78. The number of hydrogen-bond acceptors (Lipinski definition) is 7. The number of nitro benzene ring substituents is 1. The van der Waals surface area contributed by atoms with Gasteiger partial charge < -0.3 is 14.8 Å². The standard InChI is InChI=1S/C21H20N4O6/c1-13-10-14(25(28)29)4-6-17(13)22-20(26)12-24-21(27)9-7-18(23-24)16-11-15(30-2)5-8-19(16)31-3/h4-11H,12H2,1-3H3,(H,22,26). The molecule has 0 radical (unpaired) electrons. The van der Waals surface area contributed by atoms with E-state index >= 15 is 0 Å². The number of carbonyl (C=O) groups is 1. The summed E-state index contributed by atoms with van der Waals surface area (Å²) in [5, 5.41) is 17.8. The Morgan fingerprint density at radius 3 is 2.55 bits per heavy atom. The number of rotatable bonds is 7. The van der Waals surface area contributed by atoms with Crippen LogP contribution in [0, 0.1) is 17.0 Å². The molecule has 31 heavy (non-hydrogen) atoms. The maximum absolute atomic E-state index is 12.5. The number of nitrogens with zero attached hydrogens (tertiary/aromatic N) is 3. The summed E-state index contributed by atoms with van der Waals surface area (Å²) in [7, 11) is 3.05. The van der Waals surface area contributed by atoms with Crippen molar-refractivity contribution in [1.29, 1.82) is 0 Å². The van der Waals surface area contributed by atoms with Gasteiger partial charge in [-0.3, -0.25) is 19.7 Å². The van der Waals surface area contributed by atoms with Crippen molar-refractivity contribution in [2.75, 3.05) is 19.5 Å². The maximum Gasteiger partial charge on any atom is 0.269 e. The van der Waals surface area contributed by atoms with E-state index in [0.29, 0.717) is 34.0 Å². The molecule has 3 aromatic rings. The third-order valence-electron chi connectivity index (χ3n) is 4.54. The van der Waals surface area contributed by atoms with E-state index in [1.165, 1.54) is 44.6 Å². The third kappa shape index (κ3) is 4.86. The minimum absolute atomic E-state index is 0.0756. The fraction of sp³-hybridized carbons (Fsp3) is 0.190. The fourth-order valence-electron chi connectivity index (χ4n) is 2.95. The van der Waals surface area contributed by atoms with Crippen LogP contribution < -0.4 is 20.3 Å². The van der Waals surface area contributed by atoms with Gasteiger partial charge in [0.15, 0.2) is 0 Å². The summed E-state index contributed by atoms with van der Waals surface area (Å²) in [4.78, 5) is 35.1. The van der Waals surface area contributed by atoms with Crippen molar-refractivity contribution in [1.82, 2.24) is 9.78 Å². The van der Waals surface area contributed by atoms with Crippen LogP contribution in [0.25, 0.3) is 11.3 Å². The average Bonchev–Trinajstić information content (AvgIpc) is 2.76. The van der Waals surface area contributed by atoms with E-state index in [1.807, 2.05) is 0 Å². The molecule has 0 atom stereocenters. The second kappa shape index (κ2) is 9.08. The Labute approximate surface area is 177 Å². The molecule has 1 N–H and O–H groups in total. The number of aromatic nitrogens is 2. The number of hydrogen-bond donors (Lipinski definition) is 1. The Bertz CT molecular complexity index is 1200. The van der Waals surface area contributed by atoms with E-state index in [0.717, 1.165) is 4.68 Å². The molecule has 0 saturated heterocycles. The van der Waals surface area contributed by atoms with Gasteiger partial charge in [-0.2, -0.15) is 5.10 Å². The SMILES string of the molecule is COc1ccc(OC)c(-c2ccc(=O)n(CC(=O)Nc3ccc([N+](=O)[O-])cc3C)n2)c1. The maximum atomic E-state index is 12.5. The number of nitrogens with one attached hydrogen (secondary N) is 1. The molecule has 10 heteroatoms. The zero-order valence-electron chi connectivity index (χ0n) is 17.1. The lowest BCUT2D eigenvalue weighted by Crippen LogP contribution is -2.29. The second-order valence-electron chi connectivity index (χ2n) is 6.59. The molecular weight excluding hydrogens is 404 g/mol. The predicted molar refractivity (Wildman–Crippen MR) is 114 cm³/mol. The summed E-state index contributed by atoms with van der Waals surface area (Å²) in [6.45, 7) is 1.30. The summed E-state index contributed by atoms with van der Waals surface area (Å²) < 4.78 is 11.6. The Hall–Kier alpha value is -4.21. The van der Waals surface area contributed by atoms with Gasteiger partial charge in [0.1, 0.15) is 18.0 Å². The van der Waals surface area contributed by atoms with E-state index < -0.39 is 16.4 Å². The molecule has 0 fully saturated rings. The van der Waals surface area contributed by atoms with Crippen molar-refractivity contribution in [3.05, 3.63) is 74.6 Å². The average molecular weight is 424 g/mol. The molecule has 0 saturated carbocycles. The summed E-state index contributed by atoms with van der Waals surface area (Å²) in [6, 6.07) is 12.1. The van der Waals surface area contributed by atoms with Crippen LogP contribution in [0.3, 0.4) is 0 Å². The normalized spacial score (nSPS) is 10.4. The van der Waals surface area contributed by atoms with Crippen LogP contribution >= 0.6 is 0 Å². The van der Waals surface area contributed by atoms with E-state index in [-0.39, 0.29) is 12.2 Å². The van der Waals surface area contributed by atoms with Crippen LogP contribution in [-0.4, -0.2) is 34.8 Å². The van der Waals surface area contributed by atoms with Gasteiger partial charge in [0.25, 0.3) is 11.2 Å². The summed E-state index contributed by atoms with van der Waals surface area (Å²) >= 11 is 0. The molecule has 0 aliphatic carbocycles. The number of amides is 1. The zero-order chi connectivity index (χ0) is 22.5. The molecule has 3 rings (SSSR count). The van der Waals surface area contributed by atoms with E-state index in [2.05, 4.69) is 10.4 Å². The lowest BCUT2D eigenvalue weighted by Gasteiger charge is -2.12. The van der Waals surface area contributed by atoms with Crippen LogP contribution in [0.5, 0.6) is 11.5 Å². The van der Waals surface area contributed by atoms with Crippen molar-refractivity contribution in [2.24, 2.45) is 0 Å². The first-order chi connectivity index (χ1) is 14.8. The Morgan fingerprint density at radius 2 is 1.90 bits per heavy atom. The molecule has 10 nitrogen and oxygen atoms in total. The van der Waals surface area contributed by atoms with Crippen LogP contribution in [0.2, 0.25) is 0 Å². The lowest BCUT2D eigenvalue weighted by atomic mass is 10.1. The van der Waals surface area contributed by atoms with Crippen molar-refractivity contribution in [3.63, 3.8) is 0 Å². The Morgan fingerprint density at radius 1 is 1.13 bits per heavy atom. The second-order valence-corrected chi connectivity index (χ2v) is 6.59. The van der Waals surface area contributed by atoms with E-state index in [9.17, 15) is 19.7 Å². The highest BCUT2D eigenvalue weighted by molar-refractivity contribution is 5.91. The van der Waals surface area contributed by atoms with Gasteiger partial charge in [0.2, 0.25) is 5.91 Å². The van der Waals surface area contributed by atoms with Gasteiger partial charge in [-0.15, -0.1) is 0 Å². The lowest BCUT2D eigenvalue weighted by molar-refractivity contribution is -0.384. The van der Waals surface area contributed by atoms with Crippen LogP contribution in [0.15, 0.2) is 53.3 Å². The third-order valence-corrected chi connectivity index (χ3v) is 4.54. The molecule has 1 amide bonds. The highest BCUT2D eigenvalue weighted by Crippen LogP contribution is 2.31. The summed E-state index contributed by atoms with van der Waals surface area (Å²) in [6.07, 6.45) is 0. The van der Waals surface area contributed by atoms with E-state index in [1.54, 1.807) is 25.1 Å². The highest BCUT2D eigenvalue weighted by Gasteiger charge is 2.14. The first-order valence-electron chi connectivity index (χ1n) is 9.18. The minimum atomic E-state index is -0.513. The van der Waals surface area contributed by atoms with Crippen molar-refractivity contribution in [2.45, 2.75) is 13.5 Å². The Balaban J connectivity index is 1.86. The van der Waals surface area contributed by atoms with Crippen molar-refractivity contribution >= 4 is 17.3 Å². The number of non-ortho nitro benzene ring substituents is 1. The highest BCUT2D eigenvalue weighted by atomic mass is 16.6. The molecule has 0 spiro atoms. The number of aryl methyl sites for hydroxylation is 1. The topological polar surface area (TPSA) is 126 Å². The monoisotopic (exact) mass is 424 g/mol. The molecule has 160 valence electrons. The van der Waals surface area contributed by atoms with Gasteiger partial charge in [-0.25, -0.2) is 4.68 Å². The summed E-state index contributed by atoms with van der Waals surface area (Å²) in [5.41, 5.74) is 1.43. The van der Waals surface area contributed by atoms with Gasteiger partial charge in [0, 0.05) is 29.4 Å². The number of anilines is 1. The van der Waals surface area contributed by atoms with Crippen molar-refractivity contribution < 1.29 is 19.2 Å². The van der Waals surface area contributed by atoms with Gasteiger partial charge in [-0.1, -0.05) is 0 Å². The molecule has 1 aromatic heterocycles. The molecule has 0 aliphatic heterocycles. The van der Waals surface area contributed by atoms with Gasteiger partial charge in [-0.05, 0) is 42.8 Å². The first kappa shape index (κ1) is 21.5. The van der Waals surface area contributed by atoms with Crippen LogP contribution in [0.4, 0.5) is 11.4 Å². The van der Waals surface area contributed by atoms with Gasteiger partial charge >= 0.3 is 0 Å². The zero-order valence-corrected chi connectivity index (χ0v) is 17.1. The quantitative estimate of drug-likeness (QED) is 0.456. The number of benzene rings is 2. The molecule has 1 heterocycles. The van der Waals surface area contributed by atoms with E-state index in [4.69, 9.17) is 9.47 Å². The van der Waals surface area contributed by atoms with Crippen LogP contribution in [-0.2, 0) is 11.3 Å². The first-order valence-corrected chi connectivity index (χ1v) is 9.18. The fourth-order valence-corrected chi connectivity index (χ4v) is 2.95. The number of methoxy groups -OCH3 is 2. The minimum Gasteiger partial charge on any atom is -0.497 e. The molecule has 2 aromatic carbocycles. The molecule has 0 unspecified atom stereocenters. The Kier molecular flexibility index (Phi) is 6.29. The van der Waals surface area contributed by atoms with Crippen LogP contribution in [0.1, 0.15) is 5.56 Å². The summed E-state index contributed by atoms with van der Waals surface area (Å²) in [5.74, 6) is 0.618. The largest absolute Gasteiger partial charge is 0.497 e. The van der Waals surface area contributed by atoms with Crippen molar-refractivity contribution in [3.8, 4) is 22.8 Å².